The number of aliphatic hydroxyl groups excluding tert-OH is 2. The van der Waals surface area contributed by atoms with Crippen molar-refractivity contribution in [3.05, 3.63) is 157 Å². The van der Waals surface area contributed by atoms with Gasteiger partial charge >= 0.3 is 16.0 Å². The molecule has 1 radical (unpaired) electrons. The Morgan fingerprint density at radius 3 is 1.64 bits per heavy atom. The Morgan fingerprint density at radius 1 is 0.770 bits per heavy atom. The number of nitriles is 1. The molecule has 0 unspecified atom stereocenters. The first-order chi connectivity index (χ1) is 28.8. The van der Waals surface area contributed by atoms with Crippen molar-refractivity contribution in [2.75, 3.05) is 5.32 Å². The topological polar surface area (TPSA) is 308 Å². The van der Waals surface area contributed by atoms with E-state index >= 15 is 0 Å². The number of hydrogen-bond donors (Lipinski definition) is 3. The van der Waals surface area contributed by atoms with E-state index < -0.39 is 9.85 Å². The van der Waals surface area contributed by atoms with Crippen molar-refractivity contribution in [3.63, 3.8) is 0 Å². The van der Waals surface area contributed by atoms with Gasteiger partial charge in [-0.2, -0.15) is 5.26 Å². The number of anilines is 2. The van der Waals surface area contributed by atoms with Gasteiger partial charge in [0, 0.05) is 67.4 Å². The fraction of sp³-hybridized carbons (Fsp3) is 0.0556. The number of imidazole rings is 1. The fourth-order valence-electron chi connectivity index (χ4n) is 4.38. The number of azo groups is 1. The Hall–Kier alpha value is -8.05. The van der Waals surface area contributed by atoms with Gasteiger partial charge in [0.05, 0.1) is 48.0 Å². The van der Waals surface area contributed by atoms with Gasteiger partial charge in [-0.1, -0.05) is 27.8 Å². The number of benzene rings is 2. The van der Waals surface area contributed by atoms with Crippen LogP contribution in [0.5, 0.6) is 0 Å². The van der Waals surface area contributed by atoms with Crippen molar-refractivity contribution >= 4 is 78.7 Å². The molecule has 2 aliphatic rings. The number of ketones is 2. The number of hydrogen-bond acceptors (Lipinski definition) is 18. The first-order valence-corrected chi connectivity index (χ1v) is 18.2. The van der Waals surface area contributed by atoms with E-state index in [1.165, 1.54) is 24.3 Å². The summed E-state index contributed by atoms with van der Waals surface area (Å²) in [6.45, 7) is 0. The van der Waals surface area contributed by atoms with E-state index in [9.17, 15) is 40.0 Å². The molecular weight excluding hydrogens is 880 g/mol. The van der Waals surface area contributed by atoms with Crippen molar-refractivity contribution in [1.29, 1.82) is 5.26 Å². The van der Waals surface area contributed by atoms with E-state index in [2.05, 4.69) is 52.0 Å². The minimum absolute atomic E-state index is 0. The van der Waals surface area contributed by atoms with Gasteiger partial charge in [-0.15, -0.1) is 0 Å². The molecule has 0 bridgehead atoms. The molecule has 0 saturated carbocycles. The summed E-state index contributed by atoms with van der Waals surface area (Å²) in [5.41, 5.74) is 3.48. The molecule has 0 amide bonds. The summed E-state index contributed by atoms with van der Waals surface area (Å²) in [5, 5.41) is 74.5. The second-order valence-corrected chi connectivity index (χ2v) is 13.5. The fourth-order valence-corrected chi connectivity index (χ4v) is 5.48. The normalized spacial score (nSPS) is 15.0. The van der Waals surface area contributed by atoms with Crippen LogP contribution < -0.4 is 29.5 Å². The van der Waals surface area contributed by atoms with Crippen LogP contribution in [0.4, 0.5) is 33.0 Å². The molecule has 61 heavy (non-hydrogen) atoms. The Labute approximate surface area is 360 Å². The zero-order chi connectivity index (χ0) is 43.2. The maximum absolute atomic E-state index is 10.9. The van der Waals surface area contributed by atoms with Gasteiger partial charge in [0.25, 0.3) is 0 Å². The Morgan fingerprint density at radius 2 is 1.25 bits per heavy atom. The third-order valence-electron chi connectivity index (χ3n) is 7.27. The van der Waals surface area contributed by atoms with E-state index in [0.29, 0.717) is 5.56 Å². The summed E-state index contributed by atoms with van der Waals surface area (Å²) in [7, 11) is 3.86. The van der Waals surface area contributed by atoms with Crippen LogP contribution in [-0.4, -0.2) is 47.6 Å². The molecule has 0 aliphatic heterocycles. The maximum atomic E-state index is 10.9. The summed E-state index contributed by atoms with van der Waals surface area (Å²) in [4.78, 5) is 48.9. The van der Waals surface area contributed by atoms with Crippen LogP contribution in [0.2, 0.25) is 0 Å². The van der Waals surface area contributed by atoms with Crippen LogP contribution in [-0.2, 0) is 40.5 Å². The Balaban J connectivity index is 0.000000203. The summed E-state index contributed by atoms with van der Waals surface area (Å²) in [6.07, 6.45) is 13.0. The van der Waals surface area contributed by atoms with Crippen LogP contribution in [0.15, 0.2) is 152 Å². The van der Waals surface area contributed by atoms with Gasteiger partial charge in [0.1, 0.15) is 28.6 Å². The van der Waals surface area contributed by atoms with E-state index in [4.69, 9.17) is 5.26 Å². The molecule has 22 nitrogen and oxygen atoms in total. The van der Waals surface area contributed by atoms with Crippen LogP contribution >= 0.6 is 22.7 Å². The number of nitrogens with zero attached hydrogens (tertiary/aromatic N) is 13. The van der Waals surface area contributed by atoms with Crippen LogP contribution in [0.1, 0.15) is 5.56 Å². The number of allylic oxidation sites excluding steroid dienone is 6. The zero-order valence-corrected chi connectivity index (χ0v) is 33.9. The minimum Gasteiger partial charge on any atom is -0.506 e. The molecule has 25 heteroatoms. The Kier molecular flexibility index (Phi) is 16.2. The van der Waals surface area contributed by atoms with Crippen molar-refractivity contribution in [1.82, 2.24) is 14.5 Å². The van der Waals surface area contributed by atoms with Crippen molar-refractivity contribution in [3.8, 4) is 6.07 Å². The van der Waals surface area contributed by atoms with Crippen molar-refractivity contribution < 1.29 is 51.0 Å². The van der Waals surface area contributed by atoms with Crippen LogP contribution in [0.3, 0.4) is 0 Å². The van der Waals surface area contributed by atoms with E-state index in [1.54, 1.807) is 12.1 Å². The zero-order valence-electron chi connectivity index (χ0n) is 31.2. The monoisotopic (exact) mass is 906 g/mol. The largest absolute Gasteiger partial charge is 0.506 e. The molecule has 0 atom stereocenters. The third kappa shape index (κ3) is 13.5. The molecule has 0 spiro atoms. The van der Waals surface area contributed by atoms with Crippen LogP contribution in [0, 0.1) is 31.6 Å². The van der Waals surface area contributed by atoms with E-state index in [1.807, 2.05) is 72.0 Å². The maximum Gasteiger partial charge on any atom is 0.421 e. The number of carbonyl (C=O) groups is 2. The molecule has 3 heterocycles. The molecule has 0 fully saturated rings. The standard InChI is InChI=1S/C18H16N6.2C9H6N4O4S.Co/c1-23-11-12-24(2)18(23)22-21-17-9-7-16(8-10-17)20-15-5-3-14(13-19)4-6-15;2*14-5-1-2-6(7(15)3-5)11-12-9-10-4-8(18-9)13(16)17;/h3-12H,1-2H3;2*1-4H,(H2,10,12,14,15);/p-1. The number of thiazole rings is 2. The summed E-state index contributed by atoms with van der Waals surface area (Å²) in [5.74, 6) is -0.544. The van der Waals surface area contributed by atoms with Crippen molar-refractivity contribution in [2.24, 2.45) is 44.7 Å². The predicted molar refractivity (Wildman–Crippen MR) is 216 cm³/mol. The number of nitrogens with one attached hydrogen (secondary N) is 1. The summed E-state index contributed by atoms with van der Waals surface area (Å²) < 4.78 is 3.81. The van der Waals surface area contributed by atoms with Gasteiger partial charge in [-0.25, -0.2) is 9.13 Å². The molecule has 2 aliphatic carbocycles. The molecule has 5 aromatic rings. The van der Waals surface area contributed by atoms with Gasteiger partial charge in [-0.3, -0.25) is 40.0 Å². The molecule has 3 N–H and O–H groups in total. The molecule has 7 rings (SSSR count). The van der Waals surface area contributed by atoms with Gasteiger partial charge in [0.2, 0.25) is 0 Å². The summed E-state index contributed by atoms with van der Waals surface area (Å²) in [6, 6.07) is 17.1. The SMILES string of the molecule is Cn1cc[n+](C)c1N=Nc1ccc(Nc2ccc(C#N)cc2)cc1.O=C1C=CC(=NN=c2[n-]cc([N+](=O)[O-])s2)C(O)=C1.O=C1C=CC(=NN=c2[n-]cc([N+](=O)[O-])s2)C(O)=C1.[Co]. The second-order valence-electron chi connectivity index (χ2n) is 11.6. The van der Waals surface area contributed by atoms with Gasteiger partial charge < -0.3 is 35.7 Å². The molecular formula is C36H27CoN14O8S2-. The smallest absolute Gasteiger partial charge is 0.421 e. The number of carbonyl (C=O) groups excluding carboxylic acids is 2. The average Bonchev–Trinajstić information content (AvgIpc) is 3.99. The first kappa shape index (κ1) is 45.6. The summed E-state index contributed by atoms with van der Waals surface area (Å²) >= 11 is 1.51. The second kappa shape index (κ2) is 21.6. The third-order valence-corrected chi connectivity index (χ3v) is 8.94. The minimum atomic E-state index is -0.583. The molecule has 2 aromatic carbocycles. The quantitative estimate of drug-likeness (QED) is 0.0623. The van der Waals surface area contributed by atoms with Crippen molar-refractivity contribution in [2.45, 2.75) is 0 Å². The van der Waals surface area contributed by atoms with Gasteiger partial charge in [-0.05, 0) is 72.8 Å². The van der Waals surface area contributed by atoms with Crippen LogP contribution in [0.25, 0.3) is 0 Å². The van der Waals surface area contributed by atoms with E-state index in [-0.39, 0.29) is 70.9 Å². The predicted octanol–water partition coefficient (Wildman–Crippen LogP) is 4.78. The number of aryl methyl sites for hydroxylation is 2. The number of nitro groups is 2. The molecule has 311 valence electrons. The van der Waals surface area contributed by atoms with E-state index in [0.717, 1.165) is 70.2 Å². The molecule has 3 aromatic heterocycles. The Bertz CT molecular complexity index is 2720. The number of aromatic nitrogens is 4. The van der Waals surface area contributed by atoms with Gasteiger partial charge in [0.15, 0.2) is 11.6 Å². The molecule has 0 saturated heterocycles. The number of rotatable bonds is 8. The average molecular weight is 907 g/mol. The first-order valence-electron chi connectivity index (χ1n) is 16.6. The number of aliphatic hydroxyl groups is 2.